The minimum atomic E-state index is 0.114. The zero-order chi connectivity index (χ0) is 11.1. The molecule has 1 aliphatic heterocycles. The monoisotopic (exact) mass is 232 g/mol. The molecule has 2 N–H and O–H groups in total. The van der Waals surface area contributed by atoms with Gasteiger partial charge in [-0.25, -0.2) is 0 Å². The van der Waals surface area contributed by atoms with E-state index in [1.165, 1.54) is 0 Å². The van der Waals surface area contributed by atoms with E-state index in [1.54, 1.807) is 16.2 Å². The third-order valence-corrected chi connectivity index (χ3v) is 3.94. The van der Waals surface area contributed by atoms with Gasteiger partial charge in [-0.1, -0.05) is 18.2 Å². The Hall–Kier alpha value is -1.39. The third-order valence-electron chi connectivity index (χ3n) is 2.83. The van der Waals surface area contributed by atoms with Crippen molar-refractivity contribution in [1.82, 2.24) is 4.90 Å². The average molecular weight is 232 g/mol. The van der Waals surface area contributed by atoms with Crippen molar-refractivity contribution in [2.24, 2.45) is 5.73 Å². The SMILES string of the molecule is NC1CN(C(=O)c2cc3ccccc3s2)C1. The summed E-state index contributed by atoms with van der Waals surface area (Å²) in [6, 6.07) is 10.2. The van der Waals surface area contributed by atoms with Crippen LogP contribution in [-0.2, 0) is 0 Å². The number of hydrogen-bond acceptors (Lipinski definition) is 3. The average Bonchev–Trinajstić information content (AvgIpc) is 2.67. The van der Waals surface area contributed by atoms with E-state index in [9.17, 15) is 4.79 Å². The molecule has 0 atom stereocenters. The molecule has 1 amide bonds. The maximum atomic E-state index is 12.0. The number of rotatable bonds is 1. The number of likely N-dealkylation sites (tertiary alicyclic amines) is 1. The molecule has 3 rings (SSSR count). The highest BCUT2D eigenvalue weighted by Gasteiger charge is 2.29. The van der Waals surface area contributed by atoms with Crippen molar-refractivity contribution in [3.8, 4) is 0 Å². The first-order valence-electron chi connectivity index (χ1n) is 5.27. The molecule has 1 aliphatic rings. The van der Waals surface area contributed by atoms with Gasteiger partial charge in [0.25, 0.3) is 5.91 Å². The van der Waals surface area contributed by atoms with Crippen LogP contribution in [0, 0.1) is 0 Å². The van der Waals surface area contributed by atoms with Crippen molar-refractivity contribution in [2.45, 2.75) is 6.04 Å². The summed E-state index contributed by atoms with van der Waals surface area (Å²) >= 11 is 1.55. The molecule has 0 saturated carbocycles. The Morgan fingerprint density at radius 1 is 1.38 bits per heavy atom. The van der Waals surface area contributed by atoms with E-state index in [0.29, 0.717) is 13.1 Å². The molecule has 0 aliphatic carbocycles. The Morgan fingerprint density at radius 2 is 2.12 bits per heavy atom. The van der Waals surface area contributed by atoms with Gasteiger partial charge < -0.3 is 10.6 Å². The highest BCUT2D eigenvalue weighted by Crippen LogP contribution is 2.27. The number of carbonyl (C=O) groups excluding carboxylic acids is 1. The standard InChI is InChI=1S/C12H12N2OS/c13-9-6-14(7-9)12(15)11-5-8-3-1-2-4-10(8)16-11/h1-5,9H,6-7,13H2. The summed E-state index contributed by atoms with van der Waals surface area (Å²) in [5.41, 5.74) is 5.67. The van der Waals surface area contributed by atoms with Gasteiger partial charge in [0, 0.05) is 23.8 Å². The molecule has 16 heavy (non-hydrogen) atoms. The minimum absolute atomic E-state index is 0.114. The molecule has 3 nitrogen and oxygen atoms in total. The zero-order valence-electron chi connectivity index (χ0n) is 8.72. The van der Waals surface area contributed by atoms with Crippen molar-refractivity contribution in [3.05, 3.63) is 35.2 Å². The van der Waals surface area contributed by atoms with Gasteiger partial charge in [-0.2, -0.15) is 0 Å². The summed E-state index contributed by atoms with van der Waals surface area (Å²) in [5.74, 6) is 0.114. The lowest BCUT2D eigenvalue weighted by Crippen LogP contribution is -2.57. The van der Waals surface area contributed by atoms with Crippen LogP contribution in [0.25, 0.3) is 10.1 Å². The number of amides is 1. The number of carbonyl (C=O) groups is 1. The highest BCUT2D eigenvalue weighted by atomic mass is 32.1. The second-order valence-electron chi connectivity index (χ2n) is 4.12. The smallest absolute Gasteiger partial charge is 0.264 e. The molecule has 0 spiro atoms. The number of fused-ring (bicyclic) bond motifs is 1. The van der Waals surface area contributed by atoms with Gasteiger partial charge in [0.1, 0.15) is 0 Å². The van der Waals surface area contributed by atoms with Gasteiger partial charge in [-0.05, 0) is 17.5 Å². The first-order chi connectivity index (χ1) is 7.74. The van der Waals surface area contributed by atoms with Crippen molar-refractivity contribution in [1.29, 1.82) is 0 Å². The van der Waals surface area contributed by atoms with Crippen molar-refractivity contribution >= 4 is 27.3 Å². The lowest BCUT2D eigenvalue weighted by atomic mass is 10.1. The van der Waals surface area contributed by atoms with Gasteiger partial charge >= 0.3 is 0 Å². The summed E-state index contributed by atoms with van der Waals surface area (Å²) in [5, 5.41) is 1.14. The fraction of sp³-hybridized carbons (Fsp3) is 0.250. The van der Waals surface area contributed by atoms with E-state index in [-0.39, 0.29) is 11.9 Å². The Balaban J connectivity index is 1.91. The third kappa shape index (κ3) is 1.50. The number of nitrogens with zero attached hydrogens (tertiary/aromatic N) is 1. The van der Waals surface area contributed by atoms with Crippen LogP contribution < -0.4 is 5.73 Å². The second-order valence-corrected chi connectivity index (χ2v) is 5.20. The molecular weight excluding hydrogens is 220 g/mol. The van der Waals surface area contributed by atoms with E-state index in [1.807, 2.05) is 30.3 Å². The molecule has 2 heterocycles. The lowest BCUT2D eigenvalue weighted by molar-refractivity contribution is 0.0613. The normalized spacial score (nSPS) is 16.4. The van der Waals surface area contributed by atoms with Gasteiger partial charge in [-0.15, -0.1) is 11.3 Å². The summed E-state index contributed by atoms with van der Waals surface area (Å²) in [6.07, 6.45) is 0. The lowest BCUT2D eigenvalue weighted by Gasteiger charge is -2.36. The first kappa shape index (κ1) is 9.81. The van der Waals surface area contributed by atoms with Gasteiger partial charge in [-0.3, -0.25) is 4.79 Å². The van der Waals surface area contributed by atoms with E-state index < -0.39 is 0 Å². The summed E-state index contributed by atoms with van der Waals surface area (Å²) in [6.45, 7) is 1.38. The molecule has 0 bridgehead atoms. The van der Waals surface area contributed by atoms with Crippen LogP contribution in [0.1, 0.15) is 9.67 Å². The number of nitrogens with two attached hydrogens (primary N) is 1. The van der Waals surface area contributed by atoms with Crippen molar-refractivity contribution in [2.75, 3.05) is 13.1 Å². The van der Waals surface area contributed by atoms with Gasteiger partial charge in [0.15, 0.2) is 0 Å². The molecule has 2 aromatic rings. The Morgan fingerprint density at radius 3 is 2.81 bits per heavy atom. The summed E-state index contributed by atoms with van der Waals surface area (Å²) < 4.78 is 1.16. The van der Waals surface area contributed by atoms with Crippen molar-refractivity contribution < 1.29 is 4.79 Å². The fourth-order valence-electron chi connectivity index (χ4n) is 1.92. The first-order valence-corrected chi connectivity index (χ1v) is 6.09. The zero-order valence-corrected chi connectivity index (χ0v) is 9.54. The number of thiophene rings is 1. The second kappa shape index (κ2) is 3.57. The van der Waals surface area contributed by atoms with Crippen molar-refractivity contribution in [3.63, 3.8) is 0 Å². The quantitative estimate of drug-likeness (QED) is 0.813. The van der Waals surface area contributed by atoms with E-state index in [4.69, 9.17) is 5.73 Å². The minimum Gasteiger partial charge on any atom is -0.335 e. The topological polar surface area (TPSA) is 46.3 Å². The Labute approximate surface area is 97.5 Å². The molecule has 82 valence electrons. The maximum Gasteiger partial charge on any atom is 0.264 e. The summed E-state index contributed by atoms with van der Waals surface area (Å²) in [7, 11) is 0. The molecule has 1 aromatic carbocycles. The van der Waals surface area contributed by atoms with Crippen LogP contribution in [0.3, 0.4) is 0 Å². The van der Waals surface area contributed by atoms with E-state index in [0.717, 1.165) is 15.0 Å². The number of hydrogen-bond donors (Lipinski definition) is 1. The van der Waals surface area contributed by atoms with Crippen LogP contribution in [0.5, 0.6) is 0 Å². The van der Waals surface area contributed by atoms with Crippen LogP contribution in [-0.4, -0.2) is 29.9 Å². The van der Waals surface area contributed by atoms with E-state index >= 15 is 0 Å². The van der Waals surface area contributed by atoms with Gasteiger partial charge in [0.2, 0.25) is 0 Å². The number of benzene rings is 1. The predicted octanol–water partition coefficient (Wildman–Crippen LogP) is 1.68. The Bertz CT molecular complexity index is 510. The molecule has 0 radical (unpaired) electrons. The highest BCUT2D eigenvalue weighted by molar-refractivity contribution is 7.20. The molecule has 1 saturated heterocycles. The fourth-order valence-corrected chi connectivity index (χ4v) is 2.95. The van der Waals surface area contributed by atoms with Crippen LogP contribution in [0.4, 0.5) is 0 Å². The molecule has 1 aromatic heterocycles. The van der Waals surface area contributed by atoms with Crippen LogP contribution >= 0.6 is 11.3 Å². The summed E-state index contributed by atoms with van der Waals surface area (Å²) in [4.78, 5) is 14.6. The predicted molar refractivity (Wildman–Crippen MR) is 65.7 cm³/mol. The molecule has 4 heteroatoms. The molecular formula is C12H12N2OS. The van der Waals surface area contributed by atoms with Gasteiger partial charge in [0.05, 0.1) is 4.88 Å². The van der Waals surface area contributed by atoms with Crippen LogP contribution in [0.15, 0.2) is 30.3 Å². The maximum absolute atomic E-state index is 12.0. The van der Waals surface area contributed by atoms with E-state index in [2.05, 4.69) is 0 Å². The molecule has 0 unspecified atom stereocenters. The Kier molecular flexibility index (Phi) is 2.19. The molecule has 1 fully saturated rings. The largest absolute Gasteiger partial charge is 0.335 e. The van der Waals surface area contributed by atoms with Crippen LogP contribution in [0.2, 0.25) is 0 Å².